The number of nitrogens with one attached hydrogen (secondary N) is 1. The van der Waals surface area contributed by atoms with E-state index in [1.165, 1.54) is 6.07 Å². The normalized spacial score (nSPS) is 20.0. The zero-order chi connectivity index (χ0) is 25.6. The van der Waals surface area contributed by atoms with Crippen LogP contribution in [0.25, 0.3) is 0 Å². The molecular weight excluding hydrogens is 467 g/mol. The Bertz CT molecular complexity index is 1200. The van der Waals surface area contributed by atoms with E-state index < -0.39 is 0 Å². The molecule has 0 aromatic heterocycles. The molecule has 5 rings (SSSR count). The number of carbonyl (C=O) groups is 2. The van der Waals surface area contributed by atoms with Crippen LogP contribution in [0.2, 0.25) is 0 Å². The summed E-state index contributed by atoms with van der Waals surface area (Å²) in [5.41, 5.74) is 2.70. The minimum atomic E-state index is -0.248. The predicted molar refractivity (Wildman–Crippen MR) is 142 cm³/mol. The quantitative estimate of drug-likeness (QED) is 0.546. The number of anilines is 1. The first kappa shape index (κ1) is 24.8. The molecule has 0 spiro atoms. The number of hydrogen-bond acceptors (Lipinski definition) is 3. The lowest BCUT2D eigenvalue weighted by Gasteiger charge is -2.42. The van der Waals surface area contributed by atoms with E-state index in [0.29, 0.717) is 45.0 Å². The molecule has 3 aromatic carbocycles. The molecule has 2 fully saturated rings. The van der Waals surface area contributed by atoms with Crippen molar-refractivity contribution in [2.24, 2.45) is 5.92 Å². The second-order valence-electron chi connectivity index (χ2n) is 9.76. The van der Waals surface area contributed by atoms with Crippen molar-refractivity contribution in [3.8, 4) is 0 Å². The largest absolute Gasteiger partial charge is 0.366 e. The molecule has 37 heavy (non-hydrogen) atoms. The van der Waals surface area contributed by atoms with Crippen molar-refractivity contribution in [1.29, 1.82) is 0 Å². The molecule has 2 unspecified atom stereocenters. The number of benzene rings is 3. The Labute approximate surface area is 217 Å². The standard InChI is InChI=1S/C30H33FN4O2/c31-26-13-7-8-14-28(26)33-17-19-34(20-18-33)29(36)25-15-16-27(24-11-5-2-6-12-24)35(22-25)30(37)32-21-23-9-3-1-4-10-23/h1-14,25,27H,15-22H2,(H,32,37). The van der Waals surface area contributed by atoms with Crippen LogP contribution < -0.4 is 10.2 Å². The lowest BCUT2D eigenvalue weighted by atomic mass is 9.88. The molecule has 7 heteroatoms. The number of urea groups is 1. The topological polar surface area (TPSA) is 55.9 Å². The Morgan fingerprint density at radius 1 is 0.811 bits per heavy atom. The van der Waals surface area contributed by atoms with Crippen LogP contribution in [-0.4, -0.2) is 54.5 Å². The monoisotopic (exact) mass is 500 g/mol. The van der Waals surface area contributed by atoms with E-state index in [-0.39, 0.29) is 29.7 Å². The Balaban J connectivity index is 1.25. The highest BCUT2D eigenvalue weighted by atomic mass is 19.1. The molecule has 6 nitrogen and oxygen atoms in total. The van der Waals surface area contributed by atoms with Crippen LogP contribution in [-0.2, 0) is 11.3 Å². The van der Waals surface area contributed by atoms with Crippen LogP contribution in [0, 0.1) is 11.7 Å². The summed E-state index contributed by atoms with van der Waals surface area (Å²) >= 11 is 0. The van der Waals surface area contributed by atoms with Gasteiger partial charge in [-0.05, 0) is 36.1 Å². The maximum atomic E-state index is 14.2. The molecule has 0 saturated carbocycles. The molecule has 2 heterocycles. The summed E-state index contributed by atoms with van der Waals surface area (Å²) in [7, 11) is 0. The van der Waals surface area contributed by atoms with Crippen LogP contribution in [0.15, 0.2) is 84.9 Å². The average Bonchev–Trinajstić information content (AvgIpc) is 2.96. The first-order valence-corrected chi connectivity index (χ1v) is 13.0. The van der Waals surface area contributed by atoms with Gasteiger partial charge in [-0.25, -0.2) is 9.18 Å². The summed E-state index contributed by atoms with van der Waals surface area (Å²) in [5, 5.41) is 3.06. The maximum absolute atomic E-state index is 14.2. The number of rotatable bonds is 5. The summed E-state index contributed by atoms with van der Waals surface area (Å²) in [5.74, 6) is -0.401. The lowest BCUT2D eigenvalue weighted by molar-refractivity contribution is -0.137. The highest BCUT2D eigenvalue weighted by Crippen LogP contribution is 2.34. The van der Waals surface area contributed by atoms with Gasteiger partial charge in [0.2, 0.25) is 5.91 Å². The number of carbonyl (C=O) groups excluding carboxylic acids is 2. The van der Waals surface area contributed by atoms with Crippen LogP contribution in [0.1, 0.15) is 30.0 Å². The van der Waals surface area contributed by atoms with E-state index in [4.69, 9.17) is 0 Å². The minimum absolute atomic E-state index is 0.0704. The summed E-state index contributed by atoms with van der Waals surface area (Å²) in [6, 6.07) is 26.4. The molecule has 1 N–H and O–H groups in total. The Morgan fingerprint density at radius 3 is 2.16 bits per heavy atom. The van der Waals surface area contributed by atoms with E-state index in [2.05, 4.69) is 5.32 Å². The van der Waals surface area contributed by atoms with E-state index >= 15 is 0 Å². The van der Waals surface area contributed by atoms with Crippen molar-refractivity contribution in [2.45, 2.75) is 25.4 Å². The second-order valence-corrected chi connectivity index (χ2v) is 9.76. The van der Waals surface area contributed by atoms with Gasteiger partial charge >= 0.3 is 6.03 Å². The van der Waals surface area contributed by atoms with Gasteiger partial charge in [-0.1, -0.05) is 72.8 Å². The fourth-order valence-electron chi connectivity index (χ4n) is 5.43. The summed E-state index contributed by atoms with van der Waals surface area (Å²) in [4.78, 5) is 32.6. The van der Waals surface area contributed by atoms with E-state index in [1.807, 2.05) is 81.4 Å². The SMILES string of the molecule is O=C(C1CCC(c2ccccc2)N(C(=O)NCc2ccccc2)C1)N1CCN(c2ccccc2F)CC1. The average molecular weight is 501 g/mol. The fraction of sp³-hybridized carbons (Fsp3) is 0.333. The molecule has 2 saturated heterocycles. The number of likely N-dealkylation sites (tertiary alicyclic amines) is 1. The molecule has 2 atom stereocenters. The molecule has 0 aliphatic carbocycles. The van der Waals surface area contributed by atoms with E-state index in [1.54, 1.807) is 12.1 Å². The van der Waals surface area contributed by atoms with Gasteiger partial charge < -0.3 is 20.0 Å². The van der Waals surface area contributed by atoms with Gasteiger partial charge in [0.05, 0.1) is 17.6 Å². The molecule has 0 radical (unpaired) electrons. The lowest BCUT2D eigenvalue weighted by Crippen LogP contribution is -2.54. The van der Waals surface area contributed by atoms with Crippen molar-refractivity contribution in [3.05, 3.63) is 102 Å². The minimum Gasteiger partial charge on any atom is -0.366 e. The van der Waals surface area contributed by atoms with Crippen molar-refractivity contribution in [1.82, 2.24) is 15.1 Å². The Hall–Kier alpha value is -3.87. The van der Waals surface area contributed by atoms with Crippen molar-refractivity contribution in [2.75, 3.05) is 37.6 Å². The van der Waals surface area contributed by atoms with Gasteiger partial charge in [-0.2, -0.15) is 0 Å². The predicted octanol–water partition coefficient (Wildman–Crippen LogP) is 4.84. The third-order valence-corrected chi connectivity index (χ3v) is 7.45. The number of amides is 3. The summed E-state index contributed by atoms with van der Waals surface area (Å²) in [6.07, 6.45) is 1.46. The van der Waals surface area contributed by atoms with Crippen LogP contribution in [0.3, 0.4) is 0 Å². The number of halogens is 1. The molecule has 2 aliphatic rings. The van der Waals surface area contributed by atoms with Crippen molar-refractivity contribution >= 4 is 17.6 Å². The first-order valence-electron chi connectivity index (χ1n) is 13.0. The van der Waals surface area contributed by atoms with Gasteiger partial charge in [-0.15, -0.1) is 0 Å². The van der Waals surface area contributed by atoms with Crippen LogP contribution in [0.5, 0.6) is 0 Å². The van der Waals surface area contributed by atoms with Crippen LogP contribution >= 0.6 is 0 Å². The van der Waals surface area contributed by atoms with Gasteiger partial charge in [0, 0.05) is 39.3 Å². The van der Waals surface area contributed by atoms with Gasteiger partial charge in [0.1, 0.15) is 5.82 Å². The Morgan fingerprint density at radius 2 is 1.46 bits per heavy atom. The molecular formula is C30H33FN4O2. The molecule has 2 aliphatic heterocycles. The van der Waals surface area contributed by atoms with E-state index in [9.17, 15) is 14.0 Å². The zero-order valence-electron chi connectivity index (χ0n) is 20.9. The Kier molecular flexibility index (Phi) is 7.68. The van der Waals surface area contributed by atoms with Crippen molar-refractivity contribution in [3.63, 3.8) is 0 Å². The highest BCUT2D eigenvalue weighted by Gasteiger charge is 2.37. The number of hydrogen-bond donors (Lipinski definition) is 1. The smallest absolute Gasteiger partial charge is 0.318 e. The number of piperidine rings is 1. The van der Waals surface area contributed by atoms with Crippen LogP contribution in [0.4, 0.5) is 14.9 Å². The van der Waals surface area contributed by atoms with Gasteiger partial charge in [-0.3, -0.25) is 4.79 Å². The van der Waals surface area contributed by atoms with Gasteiger partial charge in [0.15, 0.2) is 0 Å². The van der Waals surface area contributed by atoms with Crippen molar-refractivity contribution < 1.29 is 14.0 Å². The zero-order valence-corrected chi connectivity index (χ0v) is 20.9. The summed E-state index contributed by atoms with van der Waals surface area (Å²) in [6.45, 7) is 3.10. The number of nitrogens with zero attached hydrogens (tertiary/aromatic N) is 3. The third kappa shape index (κ3) is 5.77. The molecule has 192 valence electrons. The molecule has 3 amide bonds. The number of piperazine rings is 1. The second kappa shape index (κ2) is 11.5. The first-order chi connectivity index (χ1) is 18.1. The molecule has 3 aromatic rings. The third-order valence-electron chi connectivity index (χ3n) is 7.45. The fourth-order valence-corrected chi connectivity index (χ4v) is 5.43. The summed E-state index contributed by atoms with van der Waals surface area (Å²) < 4.78 is 14.2. The van der Waals surface area contributed by atoms with Gasteiger partial charge in [0.25, 0.3) is 0 Å². The van der Waals surface area contributed by atoms with E-state index in [0.717, 1.165) is 24.0 Å². The maximum Gasteiger partial charge on any atom is 0.318 e. The number of para-hydroxylation sites is 1. The highest BCUT2D eigenvalue weighted by molar-refractivity contribution is 5.81. The molecule has 0 bridgehead atoms.